The second-order valence-electron chi connectivity index (χ2n) is 7.50. The fourth-order valence-corrected chi connectivity index (χ4v) is 3.14. The van der Waals surface area contributed by atoms with Crippen LogP contribution in [0.1, 0.15) is 50.6 Å². The van der Waals surface area contributed by atoms with Gasteiger partial charge in [0.05, 0.1) is 5.69 Å². The van der Waals surface area contributed by atoms with Crippen LogP contribution in [0.15, 0.2) is 4.52 Å². The van der Waals surface area contributed by atoms with Crippen LogP contribution in [0, 0.1) is 19.3 Å². The van der Waals surface area contributed by atoms with Gasteiger partial charge in [-0.25, -0.2) is 0 Å². The lowest BCUT2D eigenvalue weighted by atomic mass is 9.93. The Bertz CT molecular complexity index is 511. The molecule has 0 N–H and O–H groups in total. The van der Waals surface area contributed by atoms with Gasteiger partial charge >= 0.3 is 0 Å². The predicted molar refractivity (Wildman–Crippen MR) is 86.5 cm³/mol. The van der Waals surface area contributed by atoms with Gasteiger partial charge in [-0.05, 0) is 33.2 Å². The molecule has 0 radical (unpaired) electrons. The van der Waals surface area contributed by atoms with E-state index < -0.39 is 0 Å². The molecule has 0 aromatic carbocycles. The van der Waals surface area contributed by atoms with Crippen LogP contribution in [0.4, 0.5) is 0 Å². The molecule has 2 rings (SSSR count). The van der Waals surface area contributed by atoms with Gasteiger partial charge in [0, 0.05) is 37.2 Å². The van der Waals surface area contributed by atoms with Crippen molar-refractivity contribution >= 4 is 5.91 Å². The third-order valence-corrected chi connectivity index (χ3v) is 4.55. The van der Waals surface area contributed by atoms with E-state index in [1.807, 2.05) is 46.6 Å². The molecule has 1 unspecified atom stereocenters. The summed E-state index contributed by atoms with van der Waals surface area (Å²) in [6.07, 6.45) is 2.20. The van der Waals surface area contributed by atoms with Crippen molar-refractivity contribution in [2.45, 2.75) is 60.0 Å². The van der Waals surface area contributed by atoms with Gasteiger partial charge in [0.2, 0.25) is 5.91 Å². The highest BCUT2D eigenvalue weighted by Crippen LogP contribution is 2.24. The lowest BCUT2D eigenvalue weighted by molar-refractivity contribution is -0.141. The topological polar surface area (TPSA) is 49.6 Å². The second-order valence-corrected chi connectivity index (χ2v) is 7.50. The van der Waals surface area contributed by atoms with Crippen molar-refractivity contribution in [3.8, 4) is 0 Å². The monoisotopic (exact) mass is 307 g/mol. The minimum atomic E-state index is -0.321. The fraction of sp³-hybridized carbons (Fsp3) is 0.765. The van der Waals surface area contributed by atoms with Crippen LogP contribution in [0.2, 0.25) is 0 Å². The minimum Gasteiger partial charge on any atom is -0.361 e. The molecule has 0 saturated carbocycles. The number of carbonyl (C=O) groups excluding carboxylic acids is 1. The molecule has 1 amide bonds. The molecule has 22 heavy (non-hydrogen) atoms. The zero-order valence-corrected chi connectivity index (χ0v) is 14.8. The maximum Gasteiger partial charge on any atom is 0.227 e. The number of hydrogen-bond donors (Lipinski definition) is 0. The van der Waals surface area contributed by atoms with Crippen LogP contribution in [0.25, 0.3) is 0 Å². The Morgan fingerprint density at radius 2 is 2.09 bits per heavy atom. The van der Waals surface area contributed by atoms with Crippen molar-refractivity contribution in [2.24, 2.45) is 5.41 Å². The number of likely N-dealkylation sites (tertiary alicyclic amines) is 1. The van der Waals surface area contributed by atoms with Crippen LogP contribution >= 0.6 is 0 Å². The molecule has 1 aliphatic heterocycles. The second kappa shape index (κ2) is 6.41. The fourth-order valence-electron chi connectivity index (χ4n) is 3.14. The molecule has 1 fully saturated rings. The van der Waals surface area contributed by atoms with Crippen molar-refractivity contribution < 1.29 is 9.32 Å². The number of aromatic nitrogens is 1. The molecule has 0 aliphatic carbocycles. The number of piperidine rings is 1. The van der Waals surface area contributed by atoms with Gasteiger partial charge in [0.15, 0.2) is 0 Å². The maximum absolute atomic E-state index is 12.5. The van der Waals surface area contributed by atoms with Crippen molar-refractivity contribution in [1.29, 1.82) is 0 Å². The largest absolute Gasteiger partial charge is 0.361 e. The number of aryl methyl sites for hydroxylation is 2. The molecule has 5 nitrogen and oxygen atoms in total. The van der Waals surface area contributed by atoms with E-state index >= 15 is 0 Å². The summed E-state index contributed by atoms with van der Waals surface area (Å²) in [5.74, 6) is 1.12. The highest BCUT2D eigenvalue weighted by Gasteiger charge is 2.32. The molecule has 5 heteroatoms. The van der Waals surface area contributed by atoms with Crippen molar-refractivity contribution in [3.63, 3.8) is 0 Å². The van der Waals surface area contributed by atoms with E-state index in [9.17, 15) is 4.79 Å². The van der Waals surface area contributed by atoms with Crippen molar-refractivity contribution in [1.82, 2.24) is 15.0 Å². The molecule has 0 bridgehead atoms. The van der Waals surface area contributed by atoms with E-state index in [0.717, 1.165) is 43.9 Å². The van der Waals surface area contributed by atoms with E-state index in [2.05, 4.69) is 10.1 Å². The van der Waals surface area contributed by atoms with E-state index in [1.165, 1.54) is 5.56 Å². The normalized spacial score (nSPS) is 20.2. The zero-order chi connectivity index (χ0) is 16.5. The van der Waals surface area contributed by atoms with E-state index in [4.69, 9.17) is 4.52 Å². The van der Waals surface area contributed by atoms with Gasteiger partial charge in [-0.2, -0.15) is 0 Å². The number of likely N-dealkylation sites (N-methyl/N-ethyl adjacent to an activating group) is 1. The summed E-state index contributed by atoms with van der Waals surface area (Å²) >= 11 is 0. The average molecular weight is 307 g/mol. The molecule has 2 heterocycles. The smallest absolute Gasteiger partial charge is 0.227 e. The number of hydrogen-bond acceptors (Lipinski definition) is 4. The number of nitrogens with zero attached hydrogens (tertiary/aromatic N) is 3. The van der Waals surface area contributed by atoms with E-state index in [1.54, 1.807) is 0 Å². The first kappa shape index (κ1) is 17.0. The SMILES string of the molecule is Cc1noc(C)c1CN1CCCC(N(C)C(=O)C(C)(C)C)C1. The van der Waals surface area contributed by atoms with Crippen LogP contribution in [-0.4, -0.2) is 47.0 Å². The van der Waals surface area contributed by atoms with Crippen molar-refractivity contribution in [2.75, 3.05) is 20.1 Å². The summed E-state index contributed by atoms with van der Waals surface area (Å²) < 4.78 is 5.25. The molecular weight excluding hydrogens is 278 g/mol. The Morgan fingerprint density at radius 1 is 1.41 bits per heavy atom. The van der Waals surface area contributed by atoms with Crippen LogP contribution in [0.3, 0.4) is 0 Å². The Labute approximate surface area is 133 Å². The highest BCUT2D eigenvalue weighted by atomic mass is 16.5. The maximum atomic E-state index is 12.5. The third-order valence-electron chi connectivity index (χ3n) is 4.55. The summed E-state index contributed by atoms with van der Waals surface area (Å²) in [7, 11) is 1.94. The summed E-state index contributed by atoms with van der Waals surface area (Å²) in [4.78, 5) is 16.8. The van der Waals surface area contributed by atoms with E-state index in [0.29, 0.717) is 6.04 Å². The van der Waals surface area contributed by atoms with Crippen molar-refractivity contribution in [3.05, 3.63) is 17.0 Å². The molecular formula is C17H29N3O2. The Kier molecular flexibility index (Phi) is 4.95. The van der Waals surface area contributed by atoms with Gasteiger partial charge in [0.1, 0.15) is 5.76 Å². The van der Waals surface area contributed by atoms with Gasteiger partial charge in [0.25, 0.3) is 0 Å². The van der Waals surface area contributed by atoms with Gasteiger partial charge in [-0.3, -0.25) is 9.69 Å². The summed E-state index contributed by atoms with van der Waals surface area (Å²) in [6.45, 7) is 12.7. The van der Waals surface area contributed by atoms with Crippen LogP contribution < -0.4 is 0 Å². The first-order chi connectivity index (χ1) is 10.2. The minimum absolute atomic E-state index is 0.219. The average Bonchev–Trinajstić information content (AvgIpc) is 2.77. The quantitative estimate of drug-likeness (QED) is 0.861. The predicted octanol–water partition coefficient (Wildman–Crippen LogP) is 2.76. The first-order valence-corrected chi connectivity index (χ1v) is 8.11. The molecule has 1 saturated heterocycles. The van der Waals surface area contributed by atoms with Gasteiger partial charge < -0.3 is 9.42 Å². The first-order valence-electron chi connectivity index (χ1n) is 8.11. The van der Waals surface area contributed by atoms with Crippen LogP contribution in [0.5, 0.6) is 0 Å². The molecule has 1 aliphatic rings. The number of rotatable bonds is 3. The summed E-state index contributed by atoms with van der Waals surface area (Å²) in [5.41, 5.74) is 1.84. The van der Waals surface area contributed by atoms with Crippen LogP contribution in [-0.2, 0) is 11.3 Å². The standard InChI is InChI=1S/C17H29N3O2/c1-12-15(13(2)22-18-12)11-20-9-7-8-14(10-20)19(6)16(21)17(3,4)5/h14H,7-11H2,1-6H3. The lowest BCUT2D eigenvalue weighted by Gasteiger charge is -2.39. The summed E-state index contributed by atoms with van der Waals surface area (Å²) in [5, 5.41) is 4.03. The summed E-state index contributed by atoms with van der Waals surface area (Å²) in [6, 6.07) is 0.293. The molecule has 0 spiro atoms. The molecule has 1 aromatic heterocycles. The molecule has 1 aromatic rings. The number of carbonyl (C=O) groups is 1. The molecule has 124 valence electrons. The lowest BCUT2D eigenvalue weighted by Crippen LogP contribution is -2.51. The Morgan fingerprint density at radius 3 is 2.64 bits per heavy atom. The van der Waals surface area contributed by atoms with E-state index in [-0.39, 0.29) is 11.3 Å². The third kappa shape index (κ3) is 3.69. The highest BCUT2D eigenvalue weighted by molar-refractivity contribution is 5.81. The zero-order valence-electron chi connectivity index (χ0n) is 14.8. The Hall–Kier alpha value is -1.36. The van der Waals surface area contributed by atoms with Gasteiger partial charge in [-0.15, -0.1) is 0 Å². The molecule has 1 atom stereocenters. The van der Waals surface area contributed by atoms with Gasteiger partial charge in [-0.1, -0.05) is 25.9 Å². The Balaban J connectivity index is 2.02. The number of amides is 1.